The molecule has 0 bridgehead atoms. The van der Waals surface area contributed by atoms with Crippen molar-refractivity contribution in [2.24, 2.45) is 7.05 Å². The molecule has 13 heavy (non-hydrogen) atoms. The molecule has 0 fully saturated rings. The monoisotopic (exact) mass is 201 g/mol. The lowest BCUT2D eigenvalue weighted by molar-refractivity contribution is 0.528. The molecule has 0 aliphatic rings. The molecule has 0 aliphatic carbocycles. The Morgan fingerprint density at radius 2 is 2.23 bits per heavy atom. The fraction of sp³-hybridized carbons (Fsp3) is 0.125. The summed E-state index contributed by atoms with van der Waals surface area (Å²) < 4.78 is 19.0. The van der Waals surface area contributed by atoms with Crippen molar-refractivity contribution < 1.29 is 8.81 Å². The van der Waals surface area contributed by atoms with Gasteiger partial charge in [-0.15, -0.1) is 0 Å². The van der Waals surface area contributed by atoms with Crippen LogP contribution in [0.25, 0.3) is 11.1 Å². The van der Waals surface area contributed by atoms with E-state index in [0.29, 0.717) is 11.1 Å². The number of fused-ring (bicyclic) bond motifs is 1. The van der Waals surface area contributed by atoms with Gasteiger partial charge in [0.15, 0.2) is 5.58 Å². The van der Waals surface area contributed by atoms with Crippen LogP contribution in [0.1, 0.15) is 0 Å². The lowest BCUT2D eigenvalue weighted by Gasteiger charge is -1.93. The second-order valence-corrected chi connectivity index (χ2v) is 3.07. The Labute approximate surface area is 77.3 Å². The highest BCUT2D eigenvalue weighted by molar-refractivity contribution is 6.31. The van der Waals surface area contributed by atoms with Crippen molar-refractivity contribution >= 4 is 22.7 Å². The van der Waals surface area contributed by atoms with Crippen LogP contribution in [0.15, 0.2) is 21.3 Å². The normalized spacial score (nSPS) is 11.0. The van der Waals surface area contributed by atoms with Crippen molar-refractivity contribution in [2.45, 2.75) is 0 Å². The van der Waals surface area contributed by atoms with Gasteiger partial charge in [-0.05, 0) is 0 Å². The molecule has 3 nitrogen and oxygen atoms in total. The highest BCUT2D eigenvalue weighted by Crippen LogP contribution is 2.21. The SMILES string of the molecule is Cn1c(=O)oc2cc(Cl)c(F)cc21. The molecule has 0 radical (unpaired) electrons. The minimum Gasteiger partial charge on any atom is -0.408 e. The first kappa shape index (κ1) is 8.31. The lowest BCUT2D eigenvalue weighted by Crippen LogP contribution is -2.08. The van der Waals surface area contributed by atoms with E-state index in [0.717, 1.165) is 0 Å². The van der Waals surface area contributed by atoms with Crippen molar-refractivity contribution in [3.05, 3.63) is 33.5 Å². The maximum absolute atomic E-state index is 12.9. The number of rotatable bonds is 0. The summed E-state index contributed by atoms with van der Waals surface area (Å²) >= 11 is 5.50. The number of hydrogen-bond acceptors (Lipinski definition) is 2. The van der Waals surface area contributed by atoms with E-state index in [1.807, 2.05) is 0 Å². The number of aryl methyl sites for hydroxylation is 1. The van der Waals surface area contributed by atoms with E-state index in [4.69, 9.17) is 16.0 Å². The zero-order valence-corrected chi connectivity index (χ0v) is 7.43. The van der Waals surface area contributed by atoms with Gasteiger partial charge in [-0.2, -0.15) is 0 Å². The van der Waals surface area contributed by atoms with Gasteiger partial charge in [0, 0.05) is 19.2 Å². The van der Waals surface area contributed by atoms with Gasteiger partial charge >= 0.3 is 5.76 Å². The van der Waals surface area contributed by atoms with Crippen LogP contribution in [0.5, 0.6) is 0 Å². The van der Waals surface area contributed by atoms with Crippen LogP contribution < -0.4 is 5.76 Å². The van der Waals surface area contributed by atoms with Crippen LogP contribution in [-0.4, -0.2) is 4.57 Å². The van der Waals surface area contributed by atoms with Crippen LogP contribution in [0.3, 0.4) is 0 Å². The summed E-state index contributed by atoms with van der Waals surface area (Å²) in [6, 6.07) is 2.45. The van der Waals surface area contributed by atoms with Crippen LogP contribution in [0, 0.1) is 5.82 Å². The molecule has 1 heterocycles. The second kappa shape index (κ2) is 2.60. The van der Waals surface area contributed by atoms with E-state index in [9.17, 15) is 9.18 Å². The molecular formula is C8H5ClFNO2. The van der Waals surface area contributed by atoms with Gasteiger partial charge in [0.1, 0.15) is 5.82 Å². The molecule has 2 aromatic rings. The maximum Gasteiger partial charge on any atom is 0.419 e. The highest BCUT2D eigenvalue weighted by atomic mass is 35.5. The summed E-state index contributed by atoms with van der Waals surface area (Å²) in [6.07, 6.45) is 0. The van der Waals surface area contributed by atoms with Gasteiger partial charge in [0.2, 0.25) is 0 Å². The highest BCUT2D eigenvalue weighted by Gasteiger charge is 2.09. The molecule has 2 rings (SSSR count). The molecule has 0 N–H and O–H groups in total. The van der Waals surface area contributed by atoms with E-state index < -0.39 is 11.6 Å². The second-order valence-electron chi connectivity index (χ2n) is 2.66. The number of oxazole rings is 1. The summed E-state index contributed by atoms with van der Waals surface area (Å²) in [5.74, 6) is -1.10. The smallest absolute Gasteiger partial charge is 0.408 e. The van der Waals surface area contributed by atoms with E-state index >= 15 is 0 Å². The maximum atomic E-state index is 12.9. The van der Waals surface area contributed by atoms with Crippen molar-refractivity contribution in [3.63, 3.8) is 0 Å². The topological polar surface area (TPSA) is 35.1 Å². The van der Waals surface area contributed by atoms with Crippen molar-refractivity contribution in [1.82, 2.24) is 4.57 Å². The first-order valence-corrected chi connectivity index (χ1v) is 3.92. The molecule has 0 atom stereocenters. The van der Waals surface area contributed by atoms with E-state index in [-0.39, 0.29) is 5.02 Å². The van der Waals surface area contributed by atoms with Gasteiger partial charge in [-0.25, -0.2) is 9.18 Å². The fourth-order valence-electron chi connectivity index (χ4n) is 1.12. The summed E-state index contributed by atoms with van der Waals surface area (Å²) in [6.45, 7) is 0. The third-order valence-electron chi connectivity index (χ3n) is 1.83. The first-order chi connectivity index (χ1) is 6.09. The van der Waals surface area contributed by atoms with E-state index in [2.05, 4.69) is 0 Å². The Morgan fingerprint density at radius 1 is 1.54 bits per heavy atom. The Morgan fingerprint density at radius 3 is 2.92 bits per heavy atom. The molecule has 0 amide bonds. The van der Waals surface area contributed by atoms with Crippen LogP contribution in [0.2, 0.25) is 5.02 Å². The van der Waals surface area contributed by atoms with Crippen LogP contribution in [0.4, 0.5) is 4.39 Å². The number of hydrogen-bond donors (Lipinski definition) is 0. The number of nitrogens with zero attached hydrogens (tertiary/aromatic N) is 1. The average Bonchev–Trinajstić information content (AvgIpc) is 2.32. The summed E-state index contributed by atoms with van der Waals surface area (Å²) in [5.41, 5.74) is 0.686. The van der Waals surface area contributed by atoms with Gasteiger partial charge in [-0.3, -0.25) is 4.57 Å². The summed E-state index contributed by atoms with van der Waals surface area (Å²) in [7, 11) is 1.50. The van der Waals surface area contributed by atoms with Crippen molar-refractivity contribution in [1.29, 1.82) is 0 Å². The molecule has 1 aromatic heterocycles. The minimum atomic E-state index is -0.564. The first-order valence-electron chi connectivity index (χ1n) is 3.54. The molecule has 0 saturated carbocycles. The summed E-state index contributed by atoms with van der Waals surface area (Å²) in [5, 5.41) is -0.0538. The number of aromatic nitrogens is 1. The van der Waals surface area contributed by atoms with Crippen molar-refractivity contribution in [3.8, 4) is 0 Å². The van der Waals surface area contributed by atoms with Gasteiger partial charge in [-0.1, -0.05) is 11.6 Å². The third-order valence-corrected chi connectivity index (χ3v) is 2.12. The molecule has 0 saturated heterocycles. The van der Waals surface area contributed by atoms with Gasteiger partial charge in [0.05, 0.1) is 10.5 Å². The van der Waals surface area contributed by atoms with Crippen LogP contribution in [-0.2, 0) is 7.05 Å². The van der Waals surface area contributed by atoms with Gasteiger partial charge < -0.3 is 4.42 Å². The van der Waals surface area contributed by atoms with Crippen molar-refractivity contribution in [2.75, 3.05) is 0 Å². The largest absolute Gasteiger partial charge is 0.419 e. The Balaban J connectivity index is 2.97. The molecule has 0 aliphatic heterocycles. The summed E-state index contributed by atoms with van der Waals surface area (Å²) in [4.78, 5) is 11.0. The quantitative estimate of drug-likeness (QED) is 0.653. The van der Waals surface area contributed by atoms with E-state index in [1.54, 1.807) is 0 Å². The fourth-order valence-corrected chi connectivity index (χ4v) is 1.28. The predicted octanol–water partition coefficient (Wildman–Crippen LogP) is 1.92. The molecule has 5 heteroatoms. The Bertz CT molecular complexity index is 529. The molecule has 68 valence electrons. The molecule has 1 aromatic carbocycles. The zero-order chi connectivity index (χ0) is 9.59. The number of benzene rings is 1. The predicted molar refractivity (Wildman–Crippen MR) is 46.4 cm³/mol. The lowest BCUT2D eigenvalue weighted by atomic mass is 10.3. The standard InChI is InChI=1S/C8H5ClFNO2/c1-11-6-3-5(10)4(9)2-7(6)13-8(11)12/h2-3H,1H3. The van der Waals surface area contributed by atoms with Gasteiger partial charge in [0.25, 0.3) is 0 Å². The van der Waals surface area contributed by atoms with Crippen LogP contribution >= 0.6 is 11.6 Å². The minimum absolute atomic E-state index is 0.0538. The average molecular weight is 202 g/mol. The Kier molecular flexibility index (Phi) is 1.66. The number of halogens is 2. The van der Waals surface area contributed by atoms with E-state index in [1.165, 1.54) is 23.7 Å². The molecular weight excluding hydrogens is 197 g/mol. The Hall–Kier alpha value is -1.29. The third kappa shape index (κ3) is 1.14. The molecule has 0 unspecified atom stereocenters. The molecule has 0 spiro atoms. The zero-order valence-electron chi connectivity index (χ0n) is 6.67.